The van der Waals surface area contributed by atoms with Crippen LogP contribution >= 0.6 is 0 Å². The Hall–Kier alpha value is -1.12. The molecule has 3 nitrogen and oxygen atoms in total. The van der Waals surface area contributed by atoms with E-state index in [0.717, 1.165) is 31.0 Å². The summed E-state index contributed by atoms with van der Waals surface area (Å²) < 4.78 is 2.13. The molecule has 0 bridgehead atoms. The van der Waals surface area contributed by atoms with Crippen LogP contribution in [0.25, 0.3) is 0 Å². The van der Waals surface area contributed by atoms with Gasteiger partial charge in [0.05, 0.1) is 0 Å². The zero-order valence-electron chi connectivity index (χ0n) is 7.75. The number of allylic oxidation sites excluding steroid dienone is 1. The van der Waals surface area contributed by atoms with Crippen LogP contribution in [0.3, 0.4) is 0 Å². The highest BCUT2D eigenvalue weighted by atomic mass is 15.3. The van der Waals surface area contributed by atoms with Gasteiger partial charge in [0.2, 0.25) is 0 Å². The van der Waals surface area contributed by atoms with Crippen molar-refractivity contribution < 1.29 is 0 Å². The molecule has 0 unspecified atom stereocenters. The van der Waals surface area contributed by atoms with Crippen molar-refractivity contribution in [3.05, 3.63) is 24.3 Å². The summed E-state index contributed by atoms with van der Waals surface area (Å²) in [6, 6.07) is 0. The third-order valence-electron chi connectivity index (χ3n) is 1.90. The molecule has 0 aliphatic carbocycles. The second kappa shape index (κ2) is 4.04. The summed E-state index contributed by atoms with van der Waals surface area (Å²) in [5, 5.41) is 8.11. The molecule has 1 aromatic rings. The van der Waals surface area contributed by atoms with Gasteiger partial charge in [-0.25, -0.2) is 0 Å². The number of rotatable bonds is 4. The lowest BCUT2D eigenvalue weighted by molar-refractivity contribution is 0.675. The van der Waals surface area contributed by atoms with E-state index in [4.69, 9.17) is 0 Å². The third-order valence-corrected chi connectivity index (χ3v) is 1.90. The first-order valence-corrected chi connectivity index (χ1v) is 4.29. The van der Waals surface area contributed by atoms with E-state index in [9.17, 15) is 0 Å². The van der Waals surface area contributed by atoms with Crippen molar-refractivity contribution in [3.8, 4) is 0 Å². The van der Waals surface area contributed by atoms with E-state index in [1.807, 2.05) is 13.0 Å². The van der Waals surface area contributed by atoms with E-state index in [1.54, 1.807) is 0 Å². The fourth-order valence-electron chi connectivity index (χ4n) is 1.25. The third kappa shape index (κ3) is 1.72. The molecule has 1 rings (SSSR count). The average Bonchev–Trinajstić information content (AvgIpc) is 2.43. The molecule has 0 atom stereocenters. The maximum absolute atomic E-state index is 4.09. The molecule has 0 aromatic carbocycles. The predicted octanol–water partition coefficient (Wildman–Crippen LogP) is 1.73. The van der Waals surface area contributed by atoms with Gasteiger partial charge in [-0.2, -0.15) is 0 Å². The van der Waals surface area contributed by atoms with Crippen LogP contribution in [0.15, 0.2) is 12.7 Å². The summed E-state index contributed by atoms with van der Waals surface area (Å²) >= 11 is 0. The van der Waals surface area contributed by atoms with Gasteiger partial charge >= 0.3 is 0 Å². The molecule has 12 heavy (non-hydrogen) atoms. The second-order valence-electron chi connectivity index (χ2n) is 2.74. The van der Waals surface area contributed by atoms with E-state index < -0.39 is 0 Å². The fraction of sp³-hybridized carbons (Fsp3) is 0.556. The normalized spacial score (nSPS) is 10.2. The molecule has 66 valence electrons. The van der Waals surface area contributed by atoms with Crippen LogP contribution in [0, 0.1) is 6.92 Å². The molecular formula is C9H15N3. The van der Waals surface area contributed by atoms with Gasteiger partial charge in [0, 0.05) is 13.0 Å². The highest BCUT2D eigenvalue weighted by Gasteiger charge is 2.04. The monoisotopic (exact) mass is 165 g/mol. The van der Waals surface area contributed by atoms with Crippen LogP contribution in [0.2, 0.25) is 0 Å². The molecule has 0 amide bonds. The summed E-state index contributed by atoms with van der Waals surface area (Å²) in [6.45, 7) is 8.72. The molecule has 0 radical (unpaired) electrons. The van der Waals surface area contributed by atoms with Gasteiger partial charge in [-0.05, 0) is 20.3 Å². The molecule has 0 saturated heterocycles. The van der Waals surface area contributed by atoms with E-state index in [-0.39, 0.29) is 0 Å². The minimum absolute atomic E-state index is 0.943. The van der Waals surface area contributed by atoms with Gasteiger partial charge in [-0.3, -0.25) is 0 Å². The van der Waals surface area contributed by atoms with Crippen molar-refractivity contribution in [2.45, 2.75) is 33.2 Å². The predicted molar refractivity (Wildman–Crippen MR) is 49.0 cm³/mol. The topological polar surface area (TPSA) is 30.7 Å². The number of hydrogen-bond acceptors (Lipinski definition) is 2. The first-order valence-electron chi connectivity index (χ1n) is 4.29. The highest BCUT2D eigenvalue weighted by Crippen LogP contribution is 2.03. The molecule has 0 fully saturated rings. The van der Waals surface area contributed by atoms with Gasteiger partial charge < -0.3 is 4.57 Å². The molecule has 0 aliphatic rings. The van der Waals surface area contributed by atoms with Crippen molar-refractivity contribution in [2.75, 3.05) is 0 Å². The molecule has 0 spiro atoms. The summed E-state index contributed by atoms with van der Waals surface area (Å²) in [4.78, 5) is 0. The quantitative estimate of drug-likeness (QED) is 0.636. The Morgan fingerprint density at radius 1 is 1.50 bits per heavy atom. The van der Waals surface area contributed by atoms with E-state index in [0.29, 0.717) is 0 Å². The number of nitrogens with zero attached hydrogens (tertiary/aromatic N) is 3. The molecule has 0 aliphatic heterocycles. The molecule has 3 heteroatoms. The minimum Gasteiger partial charge on any atom is -0.316 e. The van der Waals surface area contributed by atoms with Gasteiger partial charge in [-0.1, -0.05) is 6.08 Å². The lowest BCUT2D eigenvalue weighted by atomic mass is 10.3. The lowest BCUT2D eigenvalue weighted by Gasteiger charge is -2.02. The Morgan fingerprint density at radius 2 is 2.25 bits per heavy atom. The van der Waals surface area contributed by atoms with Crippen LogP contribution < -0.4 is 0 Å². The van der Waals surface area contributed by atoms with Crippen LogP contribution in [0.1, 0.15) is 25.0 Å². The van der Waals surface area contributed by atoms with Gasteiger partial charge in [0.1, 0.15) is 11.6 Å². The Balaban J connectivity index is 2.76. The van der Waals surface area contributed by atoms with E-state index in [1.165, 1.54) is 0 Å². The Kier molecular flexibility index (Phi) is 3.02. The minimum atomic E-state index is 0.943. The average molecular weight is 165 g/mol. The molecular weight excluding hydrogens is 150 g/mol. The standard InChI is InChI=1S/C9H15N3/c1-4-6-7-9-11-10-8(3)12(9)5-2/h4H,1,5-7H2,2-3H3. The number of hydrogen-bond donors (Lipinski definition) is 0. The fourth-order valence-corrected chi connectivity index (χ4v) is 1.25. The smallest absolute Gasteiger partial charge is 0.133 e. The first kappa shape index (κ1) is 8.97. The second-order valence-corrected chi connectivity index (χ2v) is 2.74. The van der Waals surface area contributed by atoms with Crippen LogP contribution in [-0.2, 0) is 13.0 Å². The van der Waals surface area contributed by atoms with Crippen molar-refractivity contribution in [1.29, 1.82) is 0 Å². The van der Waals surface area contributed by atoms with E-state index >= 15 is 0 Å². The van der Waals surface area contributed by atoms with Crippen molar-refractivity contribution in [2.24, 2.45) is 0 Å². The first-order chi connectivity index (χ1) is 5.79. The maximum atomic E-state index is 4.09. The summed E-state index contributed by atoms with van der Waals surface area (Å²) in [7, 11) is 0. The summed E-state index contributed by atoms with van der Waals surface area (Å²) in [5.74, 6) is 2.06. The summed E-state index contributed by atoms with van der Waals surface area (Å²) in [6.07, 6.45) is 3.82. The largest absolute Gasteiger partial charge is 0.316 e. The Labute approximate surface area is 73.1 Å². The maximum Gasteiger partial charge on any atom is 0.133 e. The summed E-state index contributed by atoms with van der Waals surface area (Å²) in [5.41, 5.74) is 0. The lowest BCUT2D eigenvalue weighted by Crippen LogP contribution is -2.03. The molecule has 1 aromatic heterocycles. The Bertz CT molecular complexity index is 263. The highest BCUT2D eigenvalue weighted by molar-refractivity contribution is 4.95. The van der Waals surface area contributed by atoms with Crippen LogP contribution in [-0.4, -0.2) is 14.8 Å². The SMILES string of the molecule is C=CCCc1nnc(C)n1CC. The van der Waals surface area contributed by atoms with Crippen molar-refractivity contribution >= 4 is 0 Å². The van der Waals surface area contributed by atoms with Crippen LogP contribution in [0.5, 0.6) is 0 Å². The van der Waals surface area contributed by atoms with Gasteiger partial charge in [0.25, 0.3) is 0 Å². The molecule has 1 heterocycles. The zero-order valence-corrected chi connectivity index (χ0v) is 7.75. The van der Waals surface area contributed by atoms with Gasteiger partial charge in [-0.15, -0.1) is 16.8 Å². The number of aryl methyl sites for hydroxylation is 2. The zero-order chi connectivity index (χ0) is 8.97. The number of aromatic nitrogens is 3. The Morgan fingerprint density at radius 3 is 2.83 bits per heavy atom. The van der Waals surface area contributed by atoms with E-state index in [2.05, 4.69) is 28.3 Å². The van der Waals surface area contributed by atoms with Crippen molar-refractivity contribution in [3.63, 3.8) is 0 Å². The van der Waals surface area contributed by atoms with Crippen LogP contribution in [0.4, 0.5) is 0 Å². The molecule has 0 N–H and O–H groups in total. The van der Waals surface area contributed by atoms with Crippen molar-refractivity contribution in [1.82, 2.24) is 14.8 Å². The van der Waals surface area contributed by atoms with Gasteiger partial charge in [0.15, 0.2) is 0 Å². The molecule has 0 saturated carbocycles.